The van der Waals surface area contributed by atoms with Crippen LogP contribution in [-0.2, 0) is 4.79 Å². The Labute approximate surface area is 122 Å². The number of benzene rings is 1. The average molecular weight is 334 g/mol. The molecule has 18 heavy (non-hydrogen) atoms. The van der Waals surface area contributed by atoms with E-state index in [-0.39, 0.29) is 24.2 Å². The van der Waals surface area contributed by atoms with Crippen LogP contribution in [0.15, 0.2) is 28.7 Å². The van der Waals surface area contributed by atoms with E-state index in [0.29, 0.717) is 6.04 Å². The Balaban J connectivity index is 0.00000162. The lowest BCUT2D eigenvalue weighted by atomic mass is 9.92. The molecule has 1 aliphatic rings. The molecule has 1 aromatic rings. The first-order valence-corrected chi connectivity index (χ1v) is 6.74. The Bertz CT molecular complexity index is 396. The Kier molecular flexibility index (Phi) is 6.12. The Morgan fingerprint density at radius 3 is 2.67 bits per heavy atom. The number of halogens is 2. The molecule has 3 nitrogen and oxygen atoms in total. The summed E-state index contributed by atoms with van der Waals surface area (Å²) in [5, 5.41) is 6.32. The molecule has 0 radical (unpaired) electrons. The second-order valence-corrected chi connectivity index (χ2v) is 5.49. The van der Waals surface area contributed by atoms with Crippen molar-refractivity contribution >= 4 is 39.9 Å². The van der Waals surface area contributed by atoms with Crippen molar-refractivity contribution in [2.75, 3.05) is 11.9 Å². The van der Waals surface area contributed by atoms with Crippen molar-refractivity contribution in [1.82, 2.24) is 5.32 Å². The van der Waals surface area contributed by atoms with Crippen LogP contribution in [0, 0.1) is 5.92 Å². The van der Waals surface area contributed by atoms with E-state index in [4.69, 9.17) is 0 Å². The van der Waals surface area contributed by atoms with E-state index in [0.717, 1.165) is 29.5 Å². The second-order valence-electron chi connectivity index (χ2n) is 4.57. The van der Waals surface area contributed by atoms with Crippen LogP contribution in [-0.4, -0.2) is 18.5 Å². The van der Waals surface area contributed by atoms with Gasteiger partial charge in [0, 0.05) is 22.1 Å². The highest BCUT2D eigenvalue weighted by Gasteiger charge is 2.24. The van der Waals surface area contributed by atoms with Crippen LogP contribution in [0.25, 0.3) is 0 Å². The van der Waals surface area contributed by atoms with E-state index in [2.05, 4.69) is 33.5 Å². The topological polar surface area (TPSA) is 41.1 Å². The Morgan fingerprint density at radius 1 is 1.39 bits per heavy atom. The third-order valence-electron chi connectivity index (χ3n) is 3.11. The molecular weight excluding hydrogens is 316 g/mol. The largest absolute Gasteiger partial charge is 0.326 e. The molecule has 100 valence electrons. The number of hydrogen-bond donors (Lipinski definition) is 2. The highest BCUT2D eigenvalue weighted by Crippen LogP contribution is 2.19. The van der Waals surface area contributed by atoms with E-state index < -0.39 is 0 Å². The van der Waals surface area contributed by atoms with E-state index in [1.54, 1.807) is 0 Å². The highest BCUT2D eigenvalue weighted by molar-refractivity contribution is 9.10. The van der Waals surface area contributed by atoms with Gasteiger partial charge in [0.05, 0.1) is 0 Å². The van der Waals surface area contributed by atoms with Gasteiger partial charge in [-0.3, -0.25) is 4.79 Å². The summed E-state index contributed by atoms with van der Waals surface area (Å²) in [5.41, 5.74) is 0.865. The number of piperidine rings is 1. The maximum absolute atomic E-state index is 12.0. The van der Waals surface area contributed by atoms with Gasteiger partial charge in [0.2, 0.25) is 5.91 Å². The lowest BCUT2D eigenvalue weighted by Gasteiger charge is -2.27. The van der Waals surface area contributed by atoms with Crippen molar-refractivity contribution in [3.8, 4) is 0 Å². The summed E-state index contributed by atoms with van der Waals surface area (Å²) in [5.74, 6) is 0.274. The maximum atomic E-state index is 12.0. The first-order valence-electron chi connectivity index (χ1n) is 5.95. The third kappa shape index (κ3) is 4.26. The van der Waals surface area contributed by atoms with Crippen LogP contribution >= 0.6 is 28.3 Å². The maximum Gasteiger partial charge on any atom is 0.227 e. The molecule has 0 aliphatic carbocycles. The van der Waals surface area contributed by atoms with Gasteiger partial charge in [0.1, 0.15) is 0 Å². The number of rotatable bonds is 2. The van der Waals surface area contributed by atoms with E-state index >= 15 is 0 Å². The van der Waals surface area contributed by atoms with Gasteiger partial charge in [-0.2, -0.15) is 0 Å². The van der Waals surface area contributed by atoms with Crippen molar-refractivity contribution in [2.24, 2.45) is 5.92 Å². The molecule has 1 aromatic carbocycles. The molecule has 1 amide bonds. The second kappa shape index (κ2) is 7.12. The molecule has 0 bridgehead atoms. The zero-order valence-corrected chi connectivity index (χ0v) is 12.7. The van der Waals surface area contributed by atoms with Gasteiger partial charge in [-0.1, -0.05) is 15.9 Å². The molecule has 1 fully saturated rings. The van der Waals surface area contributed by atoms with Crippen molar-refractivity contribution in [1.29, 1.82) is 0 Å². The van der Waals surface area contributed by atoms with Crippen molar-refractivity contribution in [3.63, 3.8) is 0 Å². The summed E-state index contributed by atoms with van der Waals surface area (Å²) < 4.78 is 1.02. The molecule has 0 unspecified atom stereocenters. The molecule has 2 rings (SSSR count). The normalized spacial score (nSPS) is 23.0. The number of anilines is 1. The molecule has 2 atom stereocenters. The molecule has 1 saturated heterocycles. The quantitative estimate of drug-likeness (QED) is 0.872. The predicted octanol–water partition coefficient (Wildman–Crippen LogP) is 3.20. The number of amides is 1. The number of nitrogens with one attached hydrogen (secondary N) is 2. The first kappa shape index (κ1) is 15.5. The summed E-state index contributed by atoms with van der Waals surface area (Å²) in [6, 6.07) is 8.12. The molecule has 0 aromatic heterocycles. The van der Waals surface area contributed by atoms with E-state index in [1.807, 2.05) is 24.3 Å². The zero-order chi connectivity index (χ0) is 12.3. The number of carbonyl (C=O) groups excluding carboxylic acids is 1. The van der Waals surface area contributed by atoms with E-state index in [1.165, 1.54) is 0 Å². The average Bonchev–Trinajstić information content (AvgIpc) is 2.32. The fourth-order valence-electron chi connectivity index (χ4n) is 2.15. The lowest BCUT2D eigenvalue weighted by molar-refractivity contribution is -0.120. The molecule has 1 heterocycles. The van der Waals surface area contributed by atoms with Gasteiger partial charge in [-0.15, -0.1) is 12.4 Å². The minimum atomic E-state index is 0. The van der Waals surface area contributed by atoms with Crippen LogP contribution in [0.4, 0.5) is 5.69 Å². The summed E-state index contributed by atoms with van der Waals surface area (Å²) in [7, 11) is 0. The SMILES string of the molecule is C[C@H]1C[C@@H](C(=O)Nc2ccc(Br)cc2)CCN1.Cl. The first-order chi connectivity index (χ1) is 8.15. The molecule has 1 aliphatic heterocycles. The fourth-order valence-corrected chi connectivity index (χ4v) is 2.41. The molecule has 2 N–H and O–H groups in total. The highest BCUT2D eigenvalue weighted by atomic mass is 79.9. The Morgan fingerprint density at radius 2 is 2.06 bits per heavy atom. The third-order valence-corrected chi connectivity index (χ3v) is 3.63. The smallest absolute Gasteiger partial charge is 0.227 e. The standard InChI is InChI=1S/C13H17BrN2O.ClH/c1-9-8-10(6-7-15-9)13(17)16-12-4-2-11(14)3-5-12;/h2-5,9-10,15H,6-8H2,1H3,(H,16,17);1H/t9-,10-;/m0./s1. The molecular formula is C13H18BrClN2O. The van der Waals surface area contributed by atoms with Crippen LogP contribution in [0.5, 0.6) is 0 Å². The summed E-state index contributed by atoms with van der Waals surface area (Å²) >= 11 is 3.38. The molecule has 0 spiro atoms. The van der Waals surface area contributed by atoms with Gasteiger partial charge in [-0.05, 0) is 50.6 Å². The van der Waals surface area contributed by atoms with Crippen LogP contribution in [0.2, 0.25) is 0 Å². The number of hydrogen-bond acceptors (Lipinski definition) is 2. The van der Waals surface area contributed by atoms with Crippen LogP contribution in [0.3, 0.4) is 0 Å². The molecule has 5 heteroatoms. The van der Waals surface area contributed by atoms with Crippen LogP contribution < -0.4 is 10.6 Å². The lowest BCUT2D eigenvalue weighted by Crippen LogP contribution is -2.40. The summed E-state index contributed by atoms with van der Waals surface area (Å²) in [6.07, 6.45) is 1.84. The van der Waals surface area contributed by atoms with Crippen molar-refractivity contribution in [2.45, 2.75) is 25.8 Å². The van der Waals surface area contributed by atoms with E-state index in [9.17, 15) is 4.79 Å². The molecule has 0 saturated carbocycles. The van der Waals surface area contributed by atoms with Gasteiger partial charge in [-0.25, -0.2) is 0 Å². The summed E-state index contributed by atoms with van der Waals surface area (Å²) in [4.78, 5) is 12.0. The van der Waals surface area contributed by atoms with Crippen LogP contribution in [0.1, 0.15) is 19.8 Å². The minimum absolute atomic E-state index is 0. The van der Waals surface area contributed by atoms with Gasteiger partial charge in [0.15, 0.2) is 0 Å². The van der Waals surface area contributed by atoms with Crippen molar-refractivity contribution in [3.05, 3.63) is 28.7 Å². The minimum Gasteiger partial charge on any atom is -0.326 e. The van der Waals surface area contributed by atoms with Crippen molar-refractivity contribution < 1.29 is 4.79 Å². The predicted molar refractivity (Wildman–Crippen MR) is 80.2 cm³/mol. The van der Waals surface area contributed by atoms with Gasteiger partial charge >= 0.3 is 0 Å². The Hall–Kier alpha value is -0.580. The fraction of sp³-hybridized carbons (Fsp3) is 0.462. The van der Waals surface area contributed by atoms with Gasteiger partial charge in [0.25, 0.3) is 0 Å². The zero-order valence-electron chi connectivity index (χ0n) is 10.3. The summed E-state index contributed by atoms with van der Waals surface area (Å²) in [6.45, 7) is 3.05. The monoisotopic (exact) mass is 332 g/mol. The number of carbonyl (C=O) groups is 1. The van der Waals surface area contributed by atoms with Gasteiger partial charge < -0.3 is 10.6 Å².